The number of H-pyrrole nitrogens is 1. The minimum atomic E-state index is -0.167. The van der Waals surface area contributed by atoms with Gasteiger partial charge in [0, 0.05) is 39.6 Å². The molecule has 0 aromatic carbocycles. The van der Waals surface area contributed by atoms with Crippen LogP contribution in [0.2, 0.25) is 0 Å². The van der Waals surface area contributed by atoms with Crippen LogP contribution in [0.15, 0.2) is 14.1 Å². The van der Waals surface area contributed by atoms with Gasteiger partial charge in [-0.1, -0.05) is 13.8 Å². The fourth-order valence-corrected chi connectivity index (χ4v) is 5.60. The molecular weight excluding hydrogens is 428 g/mol. The third-order valence-corrected chi connectivity index (χ3v) is 7.44. The van der Waals surface area contributed by atoms with E-state index < -0.39 is 0 Å². The zero-order valence-corrected chi connectivity index (χ0v) is 18.3. The maximum absolute atomic E-state index is 13.1. The molecule has 0 atom stereocenters. The van der Waals surface area contributed by atoms with Crippen molar-refractivity contribution in [3.63, 3.8) is 0 Å². The van der Waals surface area contributed by atoms with Gasteiger partial charge in [0.25, 0.3) is 5.56 Å². The second kappa shape index (κ2) is 6.74. The Morgan fingerprint density at radius 3 is 2.56 bits per heavy atom. The number of fused-ring (bicyclic) bond motifs is 1. The first-order valence-corrected chi connectivity index (χ1v) is 10.9. The number of halogens is 1. The maximum Gasteiger partial charge on any atom is 0.332 e. The van der Waals surface area contributed by atoms with Crippen molar-refractivity contribution < 1.29 is 0 Å². The van der Waals surface area contributed by atoms with Gasteiger partial charge in [-0.3, -0.25) is 19.0 Å². The molecule has 3 aromatic heterocycles. The van der Waals surface area contributed by atoms with Crippen LogP contribution in [0.1, 0.15) is 54.6 Å². The second-order valence-corrected chi connectivity index (χ2v) is 9.68. The predicted molar refractivity (Wildman–Crippen MR) is 112 cm³/mol. The van der Waals surface area contributed by atoms with Crippen LogP contribution in [-0.2, 0) is 13.0 Å². The molecular formula is C19H23BrN4O2S. The highest BCUT2D eigenvalue weighted by molar-refractivity contribution is 9.10. The van der Waals surface area contributed by atoms with Crippen molar-refractivity contribution in [2.24, 2.45) is 5.92 Å². The summed E-state index contributed by atoms with van der Waals surface area (Å²) in [6.45, 7) is 8.78. The van der Waals surface area contributed by atoms with E-state index in [0.29, 0.717) is 24.3 Å². The van der Waals surface area contributed by atoms with Gasteiger partial charge in [-0.15, -0.1) is 11.3 Å². The Hall–Kier alpha value is -1.67. The molecule has 144 valence electrons. The van der Waals surface area contributed by atoms with E-state index in [1.54, 1.807) is 4.57 Å². The molecule has 1 aliphatic carbocycles. The van der Waals surface area contributed by atoms with Crippen molar-refractivity contribution in [2.75, 3.05) is 0 Å². The molecule has 0 aliphatic heterocycles. The highest BCUT2D eigenvalue weighted by atomic mass is 79.9. The van der Waals surface area contributed by atoms with Crippen molar-refractivity contribution >= 4 is 37.5 Å². The zero-order valence-electron chi connectivity index (χ0n) is 15.9. The molecule has 6 nitrogen and oxygen atoms in total. The van der Waals surface area contributed by atoms with E-state index in [0.717, 1.165) is 44.0 Å². The number of rotatable bonds is 5. The lowest BCUT2D eigenvalue weighted by Crippen LogP contribution is -2.39. The normalized spacial score (nSPS) is 14.6. The molecule has 1 N–H and O–H groups in total. The van der Waals surface area contributed by atoms with Crippen molar-refractivity contribution in [1.82, 2.24) is 19.3 Å². The van der Waals surface area contributed by atoms with Gasteiger partial charge in [-0.2, -0.15) is 5.10 Å². The first-order valence-electron chi connectivity index (χ1n) is 9.26. The molecule has 0 spiro atoms. The van der Waals surface area contributed by atoms with E-state index in [2.05, 4.69) is 40.0 Å². The minimum Gasteiger partial charge on any atom is -0.284 e. The van der Waals surface area contributed by atoms with Crippen LogP contribution < -0.4 is 11.2 Å². The molecule has 3 aromatic rings. The van der Waals surface area contributed by atoms with E-state index in [1.165, 1.54) is 15.9 Å². The number of hydrogen-bond donors (Lipinski definition) is 1. The second-order valence-electron chi connectivity index (χ2n) is 7.80. The lowest BCUT2D eigenvalue weighted by atomic mass is 10.1. The van der Waals surface area contributed by atoms with Crippen LogP contribution in [-0.4, -0.2) is 19.3 Å². The van der Waals surface area contributed by atoms with Crippen LogP contribution in [0.3, 0.4) is 0 Å². The average Bonchev–Trinajstić information content (AvgIpc) is 3.31. The minimum absolute atomic E-state index is 0.0569. The summed E-state index contributed by atoms with van der Waals surface area (Å²) in [7, 11) is 0. The molecule has 0 radical (unpaired) electrons. The summed E-state index contributed by atoms with van der Waals surface area (Å²) in [5, 5.41) is 7.93. The molecule has 1 fully saturated rings. The van der Waals surface area contributed by atoms with Gasteiger partial charge in [-0.05, 0) is 48.5 Å². The Balaban J connectivity index is 1.96. The molecule has 0 amide bonds. The highest BCUT2D eigenvalue weighted by Gasteiger charge is 2.31. The Morgan fingerprint density at radius 1 is 1.30 bits per heavy atom. The molecule has 0 bridgehead atoms. The van der Waals surface area contributed by atoms with Gasteiger partial charge in [0.15, 0.2) is 0 Å². The first-order chi connectivity index (χ1) is 12.8. The van der Waals surface area contributed by atoms with Crippen molar-refractivity contribution in [3.8, 4) is 0 Å². The number of nitrogens with zero attached hydrogens (tertiary/aromatic N) is 3. The van der Waals surface area contributed by atoms with Gasteiger partial charge in [0.05, 0.1) is 11.1 Å². The Bertz CT molecular complexity index is 1130. The Kier molecular flexibility index (Phi) is 4.66. The van der Waals surface area contributed by atoms with Crippen LogP contribution in [0.4, 0.5) is 0 Å². The van der Waals surface area contributed by atoms with E-state index in [4.69, 9.17) is 0 Å². The van der Waals surface area contributed by atoms with Gasteiger partial charge in [0.2, 0.25) is 0 Å². The molecule has 27 heavy (non-hydrogen) atoms. The number of thiophene rings is 1. The van der Waals surface area contributed by atoms with E-state index >= 15 is 0 Å². The van der Waals surface area contributed by atoms with Gasteiger partial charge in [-0.25, -0.2) is 4.79 Å². The third-order valence-electron chi connectivity index (χ3n) is 5.09. The summed E-state index contributed by atoms with van der Waals surface area (Å²) < 4.78 is 4.09. The molecule has 0 saturated heterocycles. The van der Waals surface area contributed by atoms with Gasteiger partial charge >= 0.3 is 5.69 Å². The number of hydrogen-bond acceptors (Lipinski definition) is 4. The SMILES string of the molecule is Cc1n[nH]c(C)c1Cc1sc2c(c1Br)c(=O)n(C1CC1)c(=O)n2CC(C)C. The van der Waals surface area contributed by atoms with Gasteiger partial charge in [0.1, 0.15) is 4.83 Å². The summed E-state index contributed by atoms with van der Waals surface area (Å²) in [6.07, 6.45) is 2.50. The Labute approximate surface area is 169 Å². The van der Waals surface area contributed by atoms with Crippen LogP contribution in [0.25, 0.3) is 10.2 Å². The van der Waals surface area contributed by atoms with E-state index in [-0.39, 0.29) is 17.3 Å². The number of aromatic amines is 1. The predicted octanol–water partition coefficient (Wildman–Crippen LogP) is 3.91. The van der Waals surface area contributed by atoms with Crippen LogP contribution in [0.5, 0.6) is 0 Å². The number of nitrogens with one attached hydrogen (secondary N) is 1. The maximum atomic E-state index is 13.1. The van der Waals surface area contributed by atoms with Crippen LogP contribution >= 0.6 is 27.3 Å². The van der Waals surface area contributed by atoms with Crippen molar-refractivity contribution in [2.45, 2.75) is 59.5 Å². The summed E-state index contributed by atoms with van der Waals surface area (Å²) in [4.78, 5) is 28.0. The van der Waals surface area contributed by atoms with E-state index in [1.807, 2.05) is 13.8 Å². The molecule has 1 aliphatic rings. The summed E-state index contributed by atoms with van der Waals surface area (Å²) in [5.74, 6) is 0.318. The summed E-state index contributed by atoms with van der Waals surface area (Å²) >= 11 is 5.22. The average molecular weight is 451 g/mol. The zero-order chi connectivity index (χ0) is 19.5. The molecule has 4 rings (SSSR count). The lowest BCUT2D eigenvalue weighted by Gasteiger charge is -2.13. The van der Waals surface area contributed by atoms with Gasteiger partial charge < -0.3 is 0 Å². The van der Waals surface area contributed by atoms with Crippen molar-refractivity contribution in [1.29, 1.82) is 0 Å². The number of aromatic nitrogens is 4. The molecule has 3 heterocycles. The lowest BCUT2D eigenvalue weighted by molar-refractivity contribution is 0.493. The van der Waals surface area contributed by atoms with Crippen molar-refractivity contribution in [3.05, 3.63) is 47.1 Å². The molecule has 1 saturated carbocycles. The summed E-state index contributed by atoms with van der Waals surface area (Å²) in [6, 6.07) is 0.0569. The third kappa shape index (κ3) is 3.12. The molecule has 8 heteroatoms. The number of aryl methyl sites for hydroxylation is 2. The monoisotopic (exact) mass is 450 g/mol. The highest BCUT2D eigenvalue weighted by Crippen LogP contribution is 2.37. The standard InChI is InChI=1S/C19H23BrN4O2S/c1-9(2)8-23-18-15(17(25)24(19(23)26)12-5-6-12)16(20)14(27-18)7-13-10(3)21-22-11(13)4/h9,12H,5-8H2,1-4H3,(H,21,22). The fraction of sp³-hybridized carbons (Fsp3) is 0.526. The Morgan fingerprint density at radius 2 is 2.00 bits per heavy atom. The van der Waals surface area contributed by atoms with E-state index in [9.17, 15) is 9.59 Å². The topological polar surface area (TPSA) is 72.7 Å². The quantitative estimate of drug-likeness (QED) is 0.640. The fourth-order valence-electron chi connectivity index (χ4n) is 3.54. The smallest absolute Gasteiger partial charge is 0.284 e. The molecule has 0 unspecified atom stereocenters. The summed E-state index contributed by atoms with van der Waals surface area (Å²) in [5.41, 5.74) is 2.81. The largest absolute Gasteiger partial charge is 0.332 e. The first kappa shape index (κ1) is 18.7. The van der Waals surface area contributed by atoms with Crippen LogP contribution in [0, 0.1) is 19.8 Å².